The monoisotopic (exact) mass is 467 g/mol. The molecule has 174 valence electrons. The van der Waals surface area contributed by atoms with Crippen LogP contribution in [-0.4, -0.2) is 29.7 Å². The van der Waals surface area contributed by atoms with Gasteiger partial charge in [-0.1, -0.05) is 42.5 Å². The maximum absolute atomic E-state index is 14.6. The molecule has 0 amide bonds. The normalized spacial score (nSPS) is 13.7. The van der Waals surface area contributed by atoms with Crippen LogP contribution >= 0.6 is 7.29 Å². The van der Waals surface area contributed by atoms with E-state index in [9.17, 15) is 9.36 Å². The van der Waals surface area contributed by atoms with Crippen molar-refractivity contribution in [1.29, 1.82) is 0 Å². The van der Waals surface area contributed by atoms with Crippen molar-refractivity contribution in [2.45, 2.75) is 38.5 Å². The zero-order valence-electron chi connectivity index (χ0n) is 19.3. The molecule has 0 spiro atoms. The fourth-order valence-electron chi connectivity index (χ4n) is 3.33. The first-order valence-electron chi connectivity index (χ1n) is 10.6. The largest absolute Gasteiger partial charge is 0.481 e. The highest BCUT2D eigenvalue weighted by molar-refractivity contribution is 7.76. The molecule has 2 aromatic carbocycles. The minimum Gasteiger partial charge on any atom is -0.481 e. The minimum absolute atomic E-state index is 0.414. The summed E-state index contributed by atoms with van der Waals surface area (Å²) in [4.78, 5) is 17.2. The Morgan fingerprint density at radius 1 is 0.970 bits per heavy atom. The Bertz CT molecular complexity index is 1060. The Morgan fingerprint density at radius 3 is 1.94 bits per heavy atom. The van der Waals surface area contributed by atoms with Gasteiger partial charge in [-0.15, -0.1) is 0 Å². The van der Waals surface area contributed by atoms with Gasteiger partial charge in [0.2, 0.25) is 13.2 Å². The first-order valence-corrected chi connectivity index (χ1v) is 12.3. The number of carbonyl (C=O) groups excluding carboxylic acids is 1. The van der Waals surface area contributed by atoms with Gasteiger partial charge in [0.15, 0.2) is 0 Å². The van der Waals surface area contributed by atoms with E-state index in [0.29, 0.717) is 22.1 Å². The molecule has 0 saturated heterocycles. The maximum Gasteiger partial charge on any atom is 0.325 e. The van der Waals surface area contributed by atoms with Gasteiger partial charge in [0.05, 0.1) is 13.2 Å². The van der Waals surface area contributed by atoms with Crippen LogP contribution in [0.1, 0.15) is 32.4 Å². The Morgan fingerprint density at radius 2 is 1.52 bits per heavy atom. The number of nitrogens with zero attached hydrogens (tertiary/aromatic N) is 1. The molecule has 3 rings (SSSR count). The molecule has 3 aromatic rings. The zero-order valence-corrected chi connectivity index (χ0v) is 20.2. The topological polar surface area (TPSA) is 104 Å². The van der Waals surface area contributed by atoms with Crippen LogP contribution in [0.15, 0.2) is 79.0 Å². The van der Waals surface area contributed by atoms with E-state index < -0.39 is 30.9 Å². The molecule has 3 N–H and O–H groups in total. The number of nitrogens with two attached hydrogens (primary N) is 1. The number of hydrogen-bond donors (Lipinski definition) is 2. The standard InChI is InChI=1S/C25H30N3O4P/c1-25(2,3)32-24(29)22(26)23(18-15-16-21(31-4)27-17-18)28-33(30,19-11-7-5-8-12-19)20-13-9-6-10-14-20/h5-17,22-23H,26H2,1-4H3,(H,28,30)/t22-,23+/m1/s1. The average Bonchev–Trinajstić information content (AvgIpc) is 2.82. The lowest BCUT2D eigenvalue weighted by molar-refractivity contribution is -0.157. The average molecular weight is 468 g/mol. The number of carbonyl (C=O) groups is 1. The lowest BCUT2D eigenvalue weighted by Crippen LogP contribution is -2.47. The van der Waals surface area contributed by atoms with Crippen molar-refractivity contribution >= 4 is 23.9 Å². The van der Waals surface area contributed by atoms with Crippen molar-refractivity contribution in [1.82, 2.24) is 10.1 Å². The van der Waals surface area contributed by atoms with Crippen LogP contribution in [0.2, 0.25) is 0 Å². The van der Waals surface area contributed by atoms with Crippen molar-refractivity contribution in [3.8, 4) is 5.88 Å². The van der Waals surface area contributed by atoms with Gasteiger partial charge in [0.25, 0.3) is 0 Å². The van der Waals surface area contributed by atoms with E-state index in [0.717, 1.165) is 0 Å². The van der Waals surface area contributed by atoms with Crippen LogP contribution in [0.25, 0.3) is 0 Å². The van der Waals surface area contributed by atoms with Crippen molar-refractivity contribution < 1.29 is 18.8 Å². The Hall–Kier alpha value is -2.99. The molecule has 0 fully saturated rings. The molecule has 1 heterocycles. The quantitative estimate of drug-likeness (QED) is 0.387. The molecular weight excluding hydrogens is 437 g/mol. The van der Waals surface area contributed by atoms with Gasteiger partial charge in [-0.3, -0.25) is 14.4 Å². The third-order valence-electron chi connectivity index (χ3n) is 4.93. The van der Waals surface area contributed by atoms with Gasteiger partial charge >= 0.3 is 5.97 Å². The van der Waals surface area contributed by atoms with E-state index in [2.05, 4.69) is 10.1 Å². The molecule has 2 atom stereocenters. The van der Waals surface area contributed by atoms with E-state index in [4.69, 9.17) is 15.2 Å². The summed E-state index contributed by atoms with van der Waals surface area (Å²) in [5, 5.41) is 4.42. The second-order valence-corrected chi connectivity index (χ2v) is 11.1. The van der Waals surface area contributed by atoms with Gasteiger partial charge in [0, 0.05) is 22.9 Å². The molecule has 0 aliphatic rings. The van der Waals surface area contributed by atoms with Crippen LogP contribution in [0, 0.1) is 0 Å². The first-order chi connectivity index (χ1) is 15.6. The fraction of sp³-hybridized carbons (Fsp3) is 0.280. The molecule has 7 nitrogen and oxygen atoms in total. The van der Waals surface area contributed by atoms with Crippen LogP contribution < -0.4 is 26.2 Å². The minimum atomic E-state index is -3.41. The highest BCUT2D eigenvalue weighted by Gasteiger charge is 2.37. The molecule has 0 aliphatic carbocycles. The number of hydrogen-bond acceptors (Lipinski definition) is 6. The zero-order chi connectivity index (χ0) is 24.1. The molecule has 0 saturated carbocycles. The summed E-state index contributed by atoms with van der Waals surface area (Å²) in [6.07, 6.45) is 1.56. The van der Waals surface area contributed by atoms with Gasteiger partial charge in [-0.25, -0.2) is 4.98 Å². The molecule has 8 heteroatoms. The highest BCUT2D eigenvalue weighted by Crippen LogP contribution is 2.42. The van der Waals surface area contributed by atoms with Gasteiger partial charge in [-0.05, 0) is 50.6 Å². The van der Waals surface area contributed by atoms with Crippen molar-refractivity contribution in [3.05, 3.63) is 84.6 Å². The van der Waals surface area contributed by atoms with Gasteiger partial charge < -0.3 is 15.2 Å². The molecule has 0 bridgehead atoms. The maximum atomic E-state index is 14.6. The van der Waals surface area contributed by atoms with Crippen molar-refractivity contribution in [2.75, 3.05) is 7.11 Å². The number of aromatic nitrogens is 1. The van der Waals surface area contributed by atoms with Crippen LogP contribution in [-0.2, 0) is 14.1 Å². The Labute approximate surface area is 194 Å². The summed E-state index contributed by atoms with van der Waals surface area (Å²) in [5.41, 5.74) is 6.28. The van der Waals surface area contributed by atoms with Crippen LogP contribution in [0.5, 0.6) is 5.88 Å². The van der Waals surface area contributed by atoms with Crippen LogP contribution in [0.3, 0.4) is 0 Å². The smallest absolute Gasteiger partial charge is 0.325 e. The lowest BCUT2D eigenvalue weighted by atomic mass is 10.0. The summed E-state index contributed by atoms with van der Waals surface area (Å²) >= 11 is 0. The summed E-state index contributed by atoms with van der Waals surface area (Å²) in [6, 6.07) is 19.6. The molecular formula is C25H30N3O4P. The van der Waals surface area contributed by atoms with E-state index >= 15 is 0 Å². The number of methoxy groups -OCH3 is 1. The Balaban J connectivity index is 2.09. The number of rotatable bonds is 8. The number of pyridine rings is 1. The highest BCUT2D eigenvalue weighted by atomic mass is 31.2. The van der Waals surface area contributed by atoms with Gasteiger partial charge in [0.1, 0.15) is 11.6 Å². The third-order valence-corrected chi connectivity index (χ3v) is 7.62. The predicted molar refractivity (Wildman–Crippen MR) is 130 cm³/mol. The van der Waals surface area contributed by atoms with E-state index in [1.807, 2.05) is 36.4 Å². The number of esters is 1. The summed E-state index contributed by atoms with van der Waals surface area (Å²) in [6.45, 7) is 5.31. The van der Waals surface area contributed by atoms with Crippen molar-refractivity contribution in [2.24, 2.45) is 5.73 Å². The summed E-state index contributed by atoms with van der Waals surface area (Å²) in [5.74, 6) is -0.193. The fourth-order valence-corrected chi connectivity index (χ4v) is 5.82. The SMILES string of the molecule is COc1ccc([C@H](NP(=O)(c2ccccc2)c2ccccc2)[C@@H](N)C(=O)OC(C)(C)C)cn1. The molecule has 0 radical (unpaired) electrons. The van der Waals surface area contributed by atoms with E-state index in [-0.39, 0.29) is 0 Å². The molecule has 0 aliphatic heterocycles. The summed E-state index contributed by atoms with van der Waals surface area (Å²) < 4.78 is 25.3. The van der Waals surface area contributed by atoms with E-state index in [1.165, 1.54) is 7.11 Å². The summed E-state index contributed by atoms with van der Waals surface area (Å²) in [7, 11) is -1.89. The predicted octanol–water partition coefficient (Wildman–Crippen LogP) is 3.32. The van der Waals surface area contributed by atoms with Crippen molar-refractivity contribution in [3.63, 3.8) is 0 Å². The number of nitrogens with one attached hydrogen (secondary N) is 1. The van der Waals surface area contributed by atoms with Crippen LogP contribution in [0.4, 0.5) is 0 Å². The lowest BCUT2D eigenvalue weighted by Gasteiger charge is -2.31. The third kappa shape index (κ3) is 6.08. The molecule has 1 aromatic heterocycles. The number of benzene rings is 2. The second kappa shape index (κ2) is 10.3. The first kappa shape index (κ1) is 24.6. The molecule has 33 heavy (non-hydrogen) atoms. The van der Waals surface area contributed by atoms with E-state index in [1.54, 1.807) is 63.4 Å². The molecule has 0 unspecified atom stereocenters. The second-order valence-electron chi connectivity index (χ2n) is 8.58. The Kier molecular flexibility index (Phi) is 7.69. The number of ether oxygens (including phenoxy) is 2. The van der Waals surface area contributed by atoms with Gasteiger partial charge in [-0.2, -0.15) is 0 Å².